The number of aromatic nitrogens is 2. The van der Waals surface area contributed by atoms with E-state index in [1.54, 1.807) is 25.1 Å². The monoisotopic (exact) mass is 305 g/mol. The first-order valence-electron chi connectivity index (χ1n) is 5.02. The molecule has 0 bridgehead atoms. The lowest BCUT2D eigenvalue weighted by atomic mass is 10.2. The zero-order valence-corrected chi connectivity index (χ0v) is 11.0. The van der Waals surface area contributed by atoms with Crippen molar-refractivity contribution in [2.45, 2.75) is 6.92 Å². The van der Waals surface area contributed by atoms with Crippen molar-refractivity contribution >= 4 is 21.9 Å². The first kappa shape index (κ1) is 12.3. The second-order valence-electron chi connectivity index (χ2n) is 3.66. The number of carboxylic acids is 1. The number of nitriles is 1. The number of carboxylic acid groups (broad SMARTS) is 1. The van der Waals surface area contributed by atoms with Gasteiger partial charge in [0, 0.05) is 10.7 Å². The topological polar surface area (TPSA) is 78.9 Å². The summed E-state index contributed by atoms with van der Waals surface area (Å²) in [6, 6.07) is 7.05. The van der Waals surface area contributed by atoms with Crippen LogP contribution in [0.15, 0.2) is 28.9 Å². The van der Waals surface area contributed by atoms with Gasteiger partial charge in [0.25, 0.3) is 0 Å². The molecule has 0 spiro atoms. The zero-order valence-electron chi connectivity index (χ0n) is 9.38. The summed E-state index contributed by atoms with van der Waals surface area (Å²) in [6.07, 6.45) is 1.45. The van der Waals surface area contributed by atoms with Crippen LogP contribution in [0.2, 0.25) is 0 Å². The van der Waals surface area contributed by atoms with E-state index in [0.29, 0.717) is 21.4 Å². The average Bonchev–Trinajstić information content (AvgIpc) is 2.71. The van der Waals surface area contributed by atoms with E-state index in [-0.39, 0.29) is 5.56 Å². The van der Waals surface area contributed by atoms with E-state index in [1.807, 2.05) is 6.07 Å². The molecule has 1 aromatic heterocycles. The van der Waals surface area contributed by atoms with Gasteiger partial charge < -0.3 is 5.11 Å². The number of benzene rings is 1. The Morgan fingerprint density at radius 1 is 1.56 bits per heavy atom. The van der Waals surface area contributed by atoms with Crippen molar-refractivity contribution in [1.82, 2.24) is 9.78 Å². The van der Waals surface area contributed by atoms with Crippen molar-refractivity contribution in [3.8, 4) is 11.8 Å². The molecular formula is C12H8BrN3O2. The molecule has 90 valence electrons. The van der Waals surface area contributed by atoms with Crippen LogP contribution in [-0.4, -0.2) is 20.9 Å². The first-order chi connectivity index (χ1) is 8.52. The molecule has 0 aliphatic heterocycles. The van der Waals surface area contributed by atoms with E-state index in [0.717, 1.165) is 0 Å². The van der Waals surface area contributed by atoms with E-state index >= 15 is 0 Å². The third-order valence-electron chi connectivity index (χ3n) is 2.45. The lowest BCUT2D eigenvalue weighted by molar-refractivity contribution is 0.0696. The number of hydrogen-bond acceptors (Lipinski definition) is 3. The highest BCUT2D eigenvalue weighted by atomic mass is 79.9. The van der Waals surface area contributed by atoms with Gasteiger partial charge in [0.05, 0.1) is 23.0 Å². The largest absolute Gasteiger partial charge is 0.478 e. The number of rotatable bonds is 2. The Morgan fingerprint density at radius 3 is 2.78 bits per heavy atom. The number of aryl methyl sites for hydroxylation is 1. The lowest BCUT2D eigenvalue weighted by Crippen LogP contribution is -1.97. The van der Waals surface area contributed by atoms with E-state index in [9.17, 15) is 4.79 Å². The number of aromatic carboxylic acids is 1. The summed E-state index contributed by atoms with van der Waals surface area (Å²) in [7, 11) is 0. The van der Waals surface area contributed by atoms with Crippen LogP contribution in [0.25, 0.3) is 5.69 Å². The molecule has 2 aromatic rings. The second kappa shape index (κ2) is 4.63. The molecular weight excluding hydrogens is 298 g/mol. The van der Waals surface area contributed by atoms with Crippen molar-refractivity contribution in [1.29, 1.82) is 5.26 Å². The van der Waals surface area contributed by atoms with Gasteiger partial charge in [-0.25, -0.2) is 9.48 Å². The number of carbonyl (C=O) groups is 1. The summed E-state index contributed by atoms with van der Waals surface area (Å²) in [5, 5.41) is 21.9. The molecule has 0 unspecified atom stereocenters. The summed E-state index contributed by atoms with van der Waals surface area (Å²) in [5.74, 6) is -1.01. The maximum atomic E-state index is 10.9. The molecule has 0 saturated carbocycles. The molecule has 0 aliphatic carbocycles. The molecule has 0 saturated heterocycles. The van der Waals surface area contributed by atoms with Gasteiger partial charge in [-0.05, 0) is 41.1 Å². The smallest absolute Gasteiger partial charge is 0.339 e. The fraction of sp³-hybridized carbons (Fsp3) is 0.0833. The van der Waals surface area contributed by atoms with Crippen LogP contribution in [0.5, 0.6) is 0 Å². The predicted molar refractivity (Wildman–Crippen MR) is 67.7 cm³/mol. The Hall–Kier alpha value is -2.13. The predicted octanol–water partition coefficient (Wildman–Crippen LogP) is 2.51. The van der Waals surface area contributed by atoms with Gasteiger partial charge in [0.15, 0.2) is 0 Å². The maximum absolute atomic E-state index is 10.9. The Labute approximate surface area is 111 Å². The minimum absolute atomic E-state index is 0.159. The zero-order chi connectivity index (χ0) is 13.3. The molecule has 1 N–H and O–H groups in total. The van der Waals surface area contributed by atoms with Crippen LogP contribution in [0, 0.1) is 18.3 Å². The van der Waals surface area contributed by atoms with E-state index < -0.39 is 5.97 Å². The van der Waals surface area contributed by atoms with Gasteiger partial charge in [-0.2, -0.15) is 10.4 Å². The molecule has 18 heavy (non-hydrogen) atoms. The Morgan fingerprint density at radius 2 is 2.28 bits per heavy atom. The summed E-state index contributed by atoms with van der Waals surface area (Å²) in [5.41, 5.74) is 1.81. The molecule has 0 radical (unpaired) electrons. The van der Waals surface area contributed by atoms with Gasteiger partial charge in [-0.1, -0.05) is 0 Å². The highest BCUT2D eigenvalue weighted by molar-refractivity contribution is 9.10. The molecule has 2 rings (SSSR count). The lowest BCUT2D eigenvalue weighted by Gasteiger charge is -2.04. The minimum Gasteiger partial charge on any atom is -0.478 e. The molecule has 0 aliphatic rings. The van der Waals surface area contributed by atoms with Crippen molar-refractivity contribution in [3.63, 3.8) is 0 Å². The third-order valence-corrected chi connectivity index (χ3v) is 3.09. The molecule has 5 nitrogen and oxygen atoms in total. The number of halogens is 1. The standard InChI is InChI=1S/C12H8BrN3O2/c1-7-9(12(17)18)6-16(15-7)11-3-2-8(5-14)4-10(11)13/h2-4,6H,1H3,(H,17,18). The fourth-order valence-electron chi connectivity index (χ4n) is 1.56. The Kier molecular flexibility index (Phi) is 3.17. The van der Waals surface area contributed by atoms with Crippen molar-refractivity contribution < 1.29 is 9.90 Å². The summed E-state index contributed by atoms with van der Waals surface area (Å²) in [6.45, 7) is 1.64. The third kappa shape index (κ3) is 2.13. The van der Waals surface area contributed by atoms with Crippen LogP contribution < -0.4 is 0 Å². The van der Waals surface area contributed by atoms with Crippen LogP contribution in [0.1, 0.15) is 21.6 Å². The minimum atomic E-state index is -1.01. The van der Waals surface area contributed by atoms with Crippen molar-refractivity contribution in [2.75, 3.05) is 0 Å². The Balaban J connectivity index is 2.53. The first-order valence-corrected chi connectivity index (χ1v) is 5.82. The molecule has 1 heterocycles. The normalized spacial score (nSPS) is 10.1. The van der Waals surface area contributed by atoms with Gasteiger partial charge >= 0.3 is 5.97 Å². The van der Waals surface area contributed by atoms with E-state index in [1.165, 1.54) is 10.9 Å². The van der Waals surface area contributed by atoms with E-state index in [2.05, 4.69) is 21.0 Å². The molecule has 0 amide bonds. The van der Waals surface area contributed by atoms with Crippen LogP contribution in [-0.2, 0) is 0 Å². The van der Waals surface area contributed by atoms with Gasteiger partial charge in [-0.15, -0.1) is 0 Å². The summed E-state index contributed by atoms with van der Waals surface area (Å²) in [4.78, 5) is 10.9. The molecule has 0 atom stereocenters. The second-order valence-corrected chi connectivity index (χ2v) is 4.51. The quantitative estimate of drug-likeness (QED) is 0.924. The van der Waals surface area contributed by atoms with Crippen molar-refractivity contribution in [3.05, 3.63) is 45.7 Å². The Bertz CT molecular complexity index is 670. The number of hydrogen-bond donors (Lipinski definition) is 1. The van der Waals surface area contributed by atoms with E-state index in [4.69, 9.17) is 10.4 Å². The molecule has 1 aromatic carbocycles. The molecule has 6 heteroatoms. The summed E-state index contributed by atoms with van der Waals surface area (Å²) < 4.78 is 2.16. The maximum Gasteiger partial charge on any atom is 0.339 e. The summed E-state index contributed by atoms with van der Waals surface area (Å²) >= 11 is 3.34. The van der Waals surface area contributed by atoms with Gasteiger partial charge in [0.1, 0.15) is 5.56 Å². The van der Waals surface area contributed by atoms with Gasteiger partial charge in [0.2, 0.25) is 0 Å². The van der Waals surface area contributed by atoms with Crippen LogP contribution in [0.4, 0.5) is 0 Å². The fourth-order valence-corrected chi connectivity index (χ4v) is 2.12. The van der Waals surface area contributed by atoms with Crippen molar-refractivity contribution in [2.24, 2.45) is 0 Å². The van der Waals surface area contributed by atoms with Crippen LogP contribution in [0.3, 0.4) is 0 Å². The highest BCUT2D eigenvalue weighted by Gasteiger charge is 2.14. The van der Waals surface area contributed by atoms with Crippen LogP contribution >= 0.6 is 15.9 Å². The average molecular weight is 306 g/mol. The SMILES string of the molecule is Cc1nn(-c2ccc(C#N)cc2Br)cc1C(=O)O. The van der Waals surface area contributed by atoms with Gasteiger partial charge in [-0.3, -0.25) is 0 Å². The highest BCUT2D eigenvalue weighted by Crippen LogP contribution is 2.23. The molecule has 0 fully saturated rings. The number of nitrogens with zero attached hydrogens (tertiary/aromatic N) is 3.